The van der Waals surface area contributed by atoms with Crippen molar-refractivity contribution in [1.29, 1.82) is 0 Å². The molecule has 1 N–H and O–H groups in total. The molecule has 0 heterocycles. The van der Waals surface area contributed by atoms with E-state index in [4.69, 9.17) is 18.5 Å². The number of carbonyl (C=O) groups excluding carboxylic acids is 2. The Hall–Kier alpha value is -2.03. The van der Waals surface area contributed by atoms with E-state index in [1.807, 2.05) is 21.1 Å². The standard InChI is InChI=1S/C66H124NO8P/c1-6-8-10-12-14-16-18-20-22-24-26-28-30-31-32-33-34-35-37-39-41-43-45-47-49-51-53-55-57-59-66(69)75-64(63-74-76(70,71)73-61-60-67(3,4)5)62-72-65(68)58-56-54-52-50-48-46-44-42-40-38-36-29-27-25-23-21-19-17-15-13-11-9-7-2/h18,20,24-27,30-31,64H,6-17,19,21-23,28-29,32-63H2,1-5H3/p+1/b20-18-,26-24-,27-25-,31-30-. The number of esters is 2. The fourth-order valence-corrected chi connectivity index (χ4v) is 10.1. The van der Waals surface area contributed by atoms with Crippen LogP contribution in [0.5, 0.6) is 0 Å². The summed E-state index contributed by atoms with van der Waals surface area (Å²) in [5, 5.41) is 0. The Morgan fingerprint density at radius 1 is 0.408 bits per heavy atom. The fraction of sp³-hybridized carbons (Fsp3) is 0.848. The van der Waals surface area contributed by atoms with Crippen LogP contribution >= 0.6 is 7.82 Å². The number of nitrogens with zero attached hydrogens (tertiary/aromatic N) is 1. The molecule has 446 valence electrons. The van der Waals surface area contributed by atoms with Gasteiger partial charge in [-0.05, 0) is 77.0 Å². The number of ether oxygens (including phenoxy) is 2. The smallest absolute Gasteiger partial charge is 0.462 e. The Balaban J connectivity index is 4.08. The molecule has 0 saturated carbocycles. The van der Waals surface area contributed by atoms with E-state index in [0.29, 0.717) is 17.4 Å². The minimum Gasteiger partial charge on any atom is -0.462 e. The van der Waals surface area contributed by atoms with Crippen LogP contribution in [0.15, 0.2) is 48.6 Å². The topological polar surface area (TPSA) is 108 Å². The van der Waals surface area contributed by atoms with E-state index >= 15 is 0 Å². The molecule has 0 fully saturated rings. The van der Waals surface area contributed by atoms with Gasteiger partial charge in [0.05, 0.1) is 27.7 Å². The Morgan fingerprint density at radius 3 is 1.07 bits per heavy atom. The van der Waals surface area contributed by atoms with Gasteiger partial charge in [-0.1, -0.05) is 268 Å². The molecule has 9 nitrogen and oxygen atoms in total. The van der Waals surface area contributed by atoms with E-state index in [1.165, 1.54) is 231 Å². The van der Waals surface area contributed by atoms with Crippen LogP contribution in [-0.2, 0) is 32.7 Å². The number of hydrogen-bond donors (Lipinski definition) is 1. The quantitative estimate of drug-likeness (QED) is 0.0211. The van der Waals surface area contributed by atoms with Gasteiger partial charge in [0.25, 0.3) is 0 Å². The summed E-state index contributed by atoms with van der Waals surface area (Å²) in [5.74, 6) is -0.786. The van der Waals surface area contributed by atoms with Crippen molar-refractivity contribution in [1.82, 2.24) is 0 Å². The lowest BCUT2D eigenvalue weighted by atomic mass is 10.0. The largest absolute Gasteiger partial charge is 0.472 e. The number of unbranched alkanes of at least 4 members (excludes halogenated alkanes) is 38. The molecule has 0 aliphatic heterocycles. The van der Waals surface area contributed by atoms with E-state index in [9.17, 15) is 19.0 Å². The summed E-state index contributed by atoms with van der Waals surface area (Å²) in [5.41, 5.74) is 0. The van der Waals surface area contributed by atoms with Crippen LogP contribution < -0.4 is 0 Å². The van der Waals surface area contributed by atoms with Gasteiger partial charge >= 0.3 is 19.8 Å². The van der Waals surface area contributed by atoms with Gasteiger partial charge in [-0.15, -0.1) is 0 Å². The van der Waals surface area contributed by atoms with Crippen molar-refractivity contribution in [3.63, 3.8) is 0 Å². The van der Waals surface area contributed by atoms with Crippen LogP contribution in [0.2, 0.25) is 0 Å². The highest BCUT2D eigenvalue weighted by atomic mass is 31.2. The molecule has 0 aromatic heterocycles. The van der Waals surface area contributed by atoms with Gasteiger partial charge in [0, 0.05) is 12.8 Å². The number of carbonyl (C=O) groups is 2. The van der Waals surface area contributed by atoms with E-state index < -0.39 is 26.5 Å². The lowest BCUT2D eigenvalue weighted by Gasteiger charge is -2.24. The zero-order valence-corrected chi connectivity index (χ0v) is 51.6. The zero-order chi connectivity index (χ0) is 55.6. The number of quaternary nitrogens is 1. The molecule has 0 aliphatic carbocycles. The van der Waals surface area contributed by atoms with Gasteiger partial charge in [-0.2, -0.15) is 0 Å². The van der Waals surface area contributed by atoms with Gasteiger partial charge in [0.1, 0.15) is 19.8 Å². The first-order valence-electron chi connectivity index (χ1n) is 32.4. The predicted octanol–water partition coefficient (Wildman–Crippen LogP) is 20.5. The van der Waals surface area contributed by atoms with Crippen molar-refractivity contribution >= 4 is 19.8 Å². The van der Waals surface area contributed by atoms with Crippen molar-refractivity contribution in [2.75, 3.05) is 47.5 Å². The molecule has 0 aromatic carbocycles. The minimum absolute atomic E-state index is 0.0321. The zero-order valence-electron chi connectivity index (χ0n) is 50.8. The molecular formula is C66H125NO8P+. The maximum Gasteiger partial charge on any atom is 0.472 e. The van der Waals surface area contributed by atoms with Crippen LogP contribution in [0.1, 0.15) is 309 Å². The van der Waals surface area contributed by atoms with Crippen molar-refractivity contribution < 1.29 is 42.1 Å². The van der Waals surface area contributed by atoms with Crippen molar-refractivity contribution in [2.24, 2.45) is 0 Å². The van der Waals surface area contributed by atoms with E-state index in [1.54, 1.807) is 0 Å². The summed E-state index contributed by atoms with van der Waals surface area (Å²) in [6.45, 7) is 4.47. The molecule has 0 radical (unpaired) electrons. The average molecular weight is 1090 g/mol. The summed E-state index contributed by atoms with van der Waals surface area (Å²) < 4.78 is 34.7. The van der Waals surface area contributed by atoms with E-state index in [-0.39, 0.29) is 32.0 Å². The maximum atomic E-state index is 12.9. The predicted molar refractivity (Wildman–Crippen MR) is 326 cm³/mol. The first kappa shape index (κ1) is 74.0. The normalized spacial score (nSPS) is 13.5. The van der Waals surface area contributed by atoms with Crippen molar-refractivity contribution in [3.8, 4) is 0 Å². The lowest BCUT2D eigenvalue weighted by molar-refractivity contribution is -0.870. The summed E-state index contributed by atoms with van der Waals surface area (Å²) >= 11 is 0. The van der Waals surface area contributed by atoms with Gasteiger partial charge < -0.3 is 18.9 Å². The van der Waals surface area contributed by atoms with Crippen LogP contribution in [0.25, 0.3) is 0 Å². The highest BCUT2D eigenvalue weighted by Gasteiger charge is 2.27. The molecular weight excluding hydrogens is 966 g/mol. The van der Waals surface area contributed by atoms with Gasteiger partial charge in [0.2, 0.25) is 0 Å². The van der Waals surface area contributed by atoms with Gasteiger partial charge in [-0.3, -0.25) is 18.6 Å². The highest BCUT2D eigenvalue weighted by molar-refractivity contribution is 7.47. The van der Waals surface area contributed by atoms with Crippen LogP contribution in [0.3, 0.4) is 0 Å². The first-order valence-corrected chi connectivity index (χ1v) is 33.9. The maximum absolute atomic E-state index is 12.9. The first-order chi connectivity index (χ1) is 37.0. The second-order valence-corrected chi connectivity index (χ2v) is 24.6. The molecule has 2 atom stereocenters. The monoisotopic (exact) mass is 1090 g/mol. The highest BCUT2D eigenvalue weighted by Crippen LogP contribution is 2.43. The molecule has 0 spiro atoms. The third-order valence-corrected chi connectivity index (χ3v) is 15.3. The third kappa shape index (κ3) is 61.2. The number of likely N-dealkylation sites (N-methyl/N-ethyl adjacent to an activating group) is 1. The molecule has 0 bridgehead atoms. The van der Waals surface area contributed by atoms with Crippen molar-refractivity contribution in [2.45, 2.75) is 315 Å². The molecule has 0 aromatic rings. The molecule has 10 heteroatoms. The molecule has 2 unspecified atom stereocenters. The minimum atomic E-state index is -4.39. The molecule has 76 heavy (non-hydrogen) atoms. The van der Waals surface area contributed by atoms with Crippen LogP contribution in [0.4, 0.5) is 0 Å². The summed E-state index contributed by atoms with van der Waals surface area (Å²) in [4.78, 5) is 35.8. The van der Waals surface area contributed by atoms with E-state index in [2.05, 4.69) is 62.5 Å². The summed E-state index contributed by atoms with van der Waals surface area (Å²) in [6.07, 6.45) is 73.3. The number of phosphoric ester groups is 1. The Labute approximate surface area is 471 Å². The Kier molecular flexibility index (Phi) is 56.1. The number of hydrogen-bond acceptors (Lipinski definition) is 7. The molecule has 0 aliphatic rings. The Bertz CT molecular complexity index is 1420. The fourth-order valence-electron chi connectivity index (χ4n) is 9.31. The number of phosphoric acid groups is 1. The summed E-state index contributed by atoms with van der Waals surface area (Å²) in [6, 6.07) is 0. The molecule has 0 saturated heterocycles. The second kappa shape index (κ2) is 57.6. The van der Waals surface area contributed by atoms with Crippen molar-refractivity contribution in [3.05, 3.63) is 48.6 Å². The molecule has 0 rings (SSSR count). The van der Waals surface area contributed by atoms with Gasteiger partial charge in [-0.25, -0.2) is 4.57 Å². The number of rotatable bonds is 60. The average Bonchev–Trinajstić information content (AvgIpc) is 3.38. The molecule has 0 amide bonds. The third-order valence-electron chi connectivity index (χ3n) is 14.3. The number of allylic oxidation sites excluding steroid dienone is 8. The lowest BCUT2D eigenvalue weighted by Crippen LogP contribution is -2.37. The Morgan fingerprint density at radius 2 is 0.711 bits per heavy atom. The van der Waals surface area contributed by atoms with Crippen LogP contribution in [0, 0.1) is 0 Å². The van der Waals surface area contributed by atoms with Gasteiger partial charge in [0.15, 0.2) is 6.10 Å². The second-order valence-electron chi connectivity index (χ2n) is 23.1. The van der Waals surface area contributed by atoms with E-state index in [0.717, 1.165) is 44.9 Å². The SMILES string of the molecule is CCCCCCC/C=C\C/C=C\C/C=C\CCCCCCCCCCCCCCCCC(=O)OC(COC(=O)CCCCCCCCCCCCC/C=C\CCCCCCCCCC)COP(=O)(O)OCC[N+](C)(C)C. The van der Waals surface area contributed by atoms with Crippen LogP contribution in [-0.4, -0.2) is 74.9 Å². The summed E-state index contributed by atoms with van der Waals surface area (Å²) in [7, 11) is 1.49.